The van der Waals surface area contributed by atoms with E-state index in [1.54, 1.807) is 20.7 Å². The highest BCUT2D eigenvalue weighted by Gasteiger charge is 2.43. The van der Waals surface area contributed by atoms with Crippen molar-refractivity contribution in [3.05, 3.63) is 68.4 Å². The van der Waals surface area contributed by atoms with Gasteiger partial charge in [-0.25, -0.2) is 0 Å². The molecule has 0 spiro atoms. The van der Waals surface area contributed by atoms with E-state index < -0.39 is 5.54 Å². The summed E-state index contributed by atoms with van der Waals surface area (Å²) in [5.74, 6) is 0.0242. The Labute approximate surface area is 159 Å². The van der Waals surface area contributed by atoms with Crippen LogP contribution in [0.3, 0.4) is 0 Å². The van der Waals surface area contributed by atoms with Crippen LogP contribution in [0.5, 0.6) is 0 Å². The highest BCUT2D eigenvalue weighted by molar-refractivity contribution is 7.80. The molecule has 0 N–H and O–H groups in total. The second-order valence-corrected chi connectivity index (χ2v) is 9.56. The van der Waals surface area contributed by atoms with Crippen molar-refractivity contribution in [3.8, 4) is 11.1 Å². The van der Waals surface area contributed by atoms with Crippen molar-refractivity contribution in [2.24, 2.45) is 0 Å². The quantitative estimate of drug-likeness (QED) is 0.357. The molecule has 2 heterocycles. The first kappa shape index (κ1) is 16.6. The zero-order chi connectivity index (χ0) is 17.8. The molecule has 1 aromatic heterocycles. The van der Waals surface area contributed by atoms with Crippen molar-refractivity contribution in [2.75, 3.05) is 4.90 Å². The Morgan fingerprint density at radius 1 is 1.08 bits per heavy atom. The fourth-order valence-electron chi connectivity index (χ4n) is 3.45. The van der Waals surface area contributed by atoms with Gasteiger partial charge in [-0.05, 0) is 39.0 Å². The number of hydrogen-bond acceptors (Lipinski definition) is 4. The van der Waals surface area contributed by atoms with Crippen LogP contribution >= 0.6 is 32.9 Å². The van der Waals surface area contributed by atoms with Crippen molar-refractivity contribution in [1.29, 1.82) is 0 Å². The van der Waals surface area contributed by atoms with Crippen LogP contribution in [-0.2, 0) is 5.54 Å². The van der Waals surface area contributed by atoms with Crippen LogP contribution in [0.2, 0.25) is 0 Å². The standard InChI is InChI=1S/C20H17NOS3/c1-12-7-6-8-13(11-12)18(22)21-15-10-5-4-9-14(15)16-17(20(21,2)3)24-25-19(16)23/h4-11H,1-3H3. The minimum absolute atomic E-state index is 0.0242. The van der Waals surface area contributed by atoms with E-state index in [0.29, 0.717) is 5.56 Å². The molecule has 2 aromatic carbocycles. The number of anilines is 1. The lowest BCUT2D eigenvalue weighted by Crippen LogP contribution is -2.47. The summed E-state index contributed by atoms with van der Waals surface area (Å²) in [5.41, 5.74) is 4.47. The lowest BCUT2D eigenvalue weighted by atomic mass is 9.87. The third-order valence-corrected chi connectivity index (χ3v) is 7.96. The van der Waals surface area contributed by atoms with Gasteiger partial charge in [-0.15, -0.1) is 0 Å². The molecule has 2 nitrogen and oxygen atoms in total. The molecule has 1 aliphatic rings. The summed E-state index contributed by atoms with van der Waals surface area (Å²) in [6.45, 7) is 6.22. The summed E-state index contributed by atoms with van der Waals surface area (Å²) in [6.07, 6.45) is 0. The van der Waals surface area contributed by atoms with E-state index in [0.717, 1.165) is 26.2 Å². The molecule has 0 atom stereocenters. The molecular formula is C20H17NOS3. The molecule has 3 aromatic rings. The van der Waals surface area contributed by atoms with E-state index >= 15 is 0 Å². The minimum atomic E-state index is -0.442. The zero-order valence-electron chi connectivity index (χ0n) is 14.2. The summed E-state index contributed by atoms with van der Waals surface area (Å²) in [6, 6.07) is 15.9. The Bertz CT molecular complexity index is 1040. The minimum Gasteiger partial charge on any atom is -0.297 e. The topological polar surface area (TPSA) is 20.3 Å². The number of amides is 1. The number of carbonyl (C=O) groups is 1. The number of fused-ring (bicyclic) bond motifs is 3. The predicted molar refractivity (Wildman–Crippen MR) is 109 cm³/mol. The third-order valence-electron chi connectivity index (χ3n) is 4.63. The van der Waals surface area contributed by atoms with Crippen molar-refractivity contribution < 1.29 is 4.79 Å². The normalized spacial score (nSPS) is 14.8. The van der Waals surface area contributed by atoms with Crippen LogP contribution in [0.25, 0.3) is 11.1 Å². The smallest absolute Gasteiger partial charge is 0.259 e. The molecule has 0 saturated carbocycles. The van der Waals surface area contributed by atoms with E-state index in [2.05, 4.69) is 19.9 Å². The largest absolute Gasteiger partial charge is 0.297 e. The molecule has 4 rings (SSSR count). The van der Waals surface area contributed by atoms with Crippen LogP contribution in [0, 0.1) is 10.7 Å². The van der Waals surface area contributed by atoms with Gasteiger partial charge in [-0.3, -0.25) is 9.69 Å². The second-order valence-electron chi connectivity index (χ2n) is 6.74. The lowest BCUT2D eigenvalue weighted by molar-refractivity contribution is 0.0961. The number of benzene rings is 2. The molecule has 25 heavy (non-hydrogen) atoms. The van der Waals surface area contributed by atoms with Gasteiger partial charge in [-0.2, -0.15) is 0 Å². The Kier molecular flexibility index (Phi) is 3.90. The summed E-state index contributed by atoms with van der Waals surface area (Å²) in [7, 11) is 3.30. The Hall–Kier alpha value is -1.82. The van der Waals surface area contributed by atoms with Gasteiger partial charge in [0.1, 0.15) is 3.82 Å². The van der Waals surface area contributed by atoms with Crippen molar-refractivity contribution in [2.45, 2.75) is 26.3 Å². The predicted octanol–water partition coefficient (Wildman–Crippen LogP) is 6.41. The molecule has 5 heteroatoms. The van der Waals surface area contributed by atoms with Crippen LogP contribution in [0.1, 0.15) is 34.6 Å². The van der Waals surface area contributed by atoms with Crippen molar-refractivity contribution in [3.63, 3.8) is 0 Å². The molecule has 0 bridgehead atoms. The molecule has 0 radical (unpaired) electrons. The molecule has 126 valence electrons. The Morgan fingerprint density at radius 2 is 1.84 bits per heavy atom. The Balaban J connectivity index is 1.97. The van der Waals surface area contributed by atoms with Crippen LogP contribution in [-0.4, -0.2) is 5.91 Å². The van der Waals surface area contributed by atoms with Gasteiger partial charge < -0.3 is 0 Å². The summed E-state index contributed by atoms with van der Waals surface area (Å²) in [5, 5.41) is 0. The Morgan fingerprint density at radius 3 is 2.60 bits per heavy atom. The second kappa shape index (κ2) is 5.87. The first-order valence-electron chi connectivity index (χ1n) is 8.05. The fourth-order valence-corrected chi connectivity index (χ4v) is 6.73. The lowest BCUT2D eigenvalue weighted by Gasteiger charge is -2.43. The molecule has 0 saturated heterocycles. The van der Waals surface area contributed by atoms with Crippen LogP contribution < -0.4 is 4.90 Å². The van der Waals surface area contributed by atoms with E-state index in [-0.39, 0.29) is 5.91 Å². The molecular weight excluding hydrogens is 366 g/mol. The van der Waals surface area contributed by atoms with E-state index in [9.17, 15) is 4.79 Å². The molecule has 1 amide bonds. The number of rotatable bonds is 1. The number of para-hydroxylation sites is 1. The number of hydrogen-bond donors (Lipinski definition) is 0. The van der Waals surface area contributed by atoms with E-state index in [1.165, 1.54) is 4.88 Å². The average Bonchev–Trinajstić information content (AvgIpc) is 2.98. The SMILES string of the molecule is Cc1cccc(C(=O)N2c3ccccc3-c3c(ssc3=S)C2(C)C)c1. The summed E-state index contributed by atoms with van der Waals surface area (Å²) >= 11 is 5.59. The monoisotopic (exact) mass is 383 g/mol. The number of carbonyl (C=O) groups excluding carboxylic acids is 1. The van der Waals surface area contributed by atoms with Gasteiger partial charge >= 0.3 is 0 Å². The van der Waals surface area contributed by atoms with Gasteiger partial charge in [-0.1, -0.05) is 68.8 Å². The molecule has 0 unspecified atom stereocenters. The van der Waals surface area contributed by atoms with Crippen molar-refractivity contribution >= 4 is 44.5 Å². The van der Waals surface area contributed by atoms with Crippen LogP contribution in [0.15, 0.2) is 48.5 Å². The van der Waals surface area contributed by atoms with E-state index in [1.807, 2.05) is 54.3 Å². The summed E-state index contributed by atoms with van der Waals surface area (Å²) in [4.78, 5) is 16.6. The number of aryl methyl sites for hydroxylation is 1. The third kappa shape index (κ3) is 2.49. The number of nitrogens with zero attached hydrogens (tertiary/aromatic N) is 1. The maximum atomic E-state index is 13.5. The van der Waals surface area contributed by atoms with Gasteiger partial charge in [0.25, 0.3) is 5.91 Å². The molecule has 1 aliphatic heterocycles. The fraction of sp³-hybridized carbons (Fsp3) is 0.200. The molecule has 0 aliphatic carbocycles. The molecule has 0 fully saturated rings. The zero-order valence-corrected chi connectivity index (χ0v) is 16.6. The highest BCUT2D eigenvalue weighted by atomic mass is 32.9. The van der Waals surface area contributed by atoms with Gasteiger partial charge in [0.2, 0.25) is 0 Å². The first-order chi connectivity index (χ1) is 11.9. The maximum Gasteiger partial charge on any atom is 0.259 e. The maximum absolute atomic E-state index is 13.5. The highest BCUT2D eigenvalue weighted by Crippen LogP contribution is 2.52. The first-order valence-corrected chi connectivity index (χ1v) is 10.6. The van der Waals surface area contributed by atoms with E-state index in [4.69, 9.17) is 12.2 Å². The van der Waals surface area contributed by atoms with Crippen molar-refractivity contribution in [1.82, 2.24) is 0 Å². The average molecular weight is 384 g/mol. The van der Waals surface area contributed by atoms with Crippen LogP contribution in [0.4, 0.5) is 5.69 Å². The summed E-state index contributed by atoms with van der Waals surface area (Å²) < 4.78 is 0.906. The van der Waals surface area contributed by atoms with Gasteiger partial charge in [0.15, 0.2) is 0 Å². The van der Waals surface area contributed by atoms with Gasteiger partial charge in [0, 0.05) is 16.7 Å². The van der Waals surface area contributed by atoms with Gasteiger partial charge in [0.05, 0.1) is 16.1 Å².